The van der Waals surface area contributed by atoms with Gasteiger partial charge in [-0.15, -0.1) is 11.8 Å². The van der Waals surface area contributed by atoms with E-state index in [0.717, 1.165) is 5.56 Å². The van der Waals surface area contributed by atoms with Crippen molar-refractivity contribution in [3.05, 3.63) is 87.4 Å². The van der Waals surface area contributed by atoms with E-state index in [2.05, 4.69) is 10.3 Å². The molecule has 0 spiro atoms. The summed E-state index contributed by atoms with van der Waals surface area (Å²) >= 11 is 1.35. The molecule has 2 aromatic rings. The molecule has 2 aliphatic rings. The molecule has 2 amide bonds. The molecule has 1 unspecified atom stereocenters. The van der Waals surface area contributed by atoms with Crippen LogP contribution in [0.15, 0.2) is 66.1 Å². The molecule has 1 saturated heterocycles. The van der Waals surface area contributed by atoms with Crippen molar-refractivity contribution in [2.24, 2.45) is 0 Å². The third-order valence-electron chi connectivity index (χ3n) is 4.99. The number of nitro groups is 1. The number of carboxylic acids is 1. The van der Waals surface area contributed by atoms with Gasteiger partial charge in [-0.05, 0) is 29.3 Å². The van der Waals surface area contributed by atoms with Crippen LogP contribution in [0, 0.1) is 10.1 Å². The van der Waals surface area contributed by atoms with E-state index in [4.69, 9.17) is 0 Å². The van der Waals surface area contributed by atoms with E-state index < -0.39 is 34.1 Å². The number of carbonyl (C=O) groups excluding carboxylic acids is 2. The largest absolute Gasteiger partial charge is 0.477 e. The summed E-state index contributed by atoms with van der Waals surface area (Å²) < 4.78 is 0. The van der Waals surface area contributed by atoms with Crippen LogP contribution in [0.3, 0.4) is 0 Å². The molecule has 3 heterocycles. The first-order chi connectivity index (χ1) is 15.4. The van der Waals surface area contributed by atoms with Crippen LogP contribution in [0.2, 0.25) is 0 Å². The second-order valence-corrected chi connectivity index (χ2v) is 8.07. The van der Waals surface area contributed by atoms with Crippen LogP contribution < -0.4 is 5.32 Å². The van der Waals surface area contributed by atoms with Gasteiger partial charge in [-0.3, -0.25) is 29.6 Å². The molecule has 0 saturated carbocycles. The molecule has 32 heavy (non-hydrogen) atoms. The summed E-state index contributed by atoms with van der Waals surface area (Å²) in [6.45, 7) is 0. The number of hydrogen-bond acceptors (Lipinski definition) is 7. The number of nitrogens with one attached hydrogen (secondary N) is 1. The molecule has 11 heteroatoms. The Labute approximate surface area is 185 Å². The van der Waals surface area contributed by atoms with Gasteiger partial charge in [0.25, 0.3) is 17.5 Å². The molecule has 1 aromatic carbocycles. The van der Waals surface area contributed by atoms with E-state index in [1.54, 1.807) is 30.6 Å². The van der Waals surface area contributed by atoms with Gasteiger partial charge >= 0.3 is 5.97 Å². The monoisotopic (exact) mass is 452 g/mol. The molecule has 2 aliphatic heterocycles. The van der Waals surface area contributed by atoms with Crippen LogP contribution in [0.4, 0.5) is 5.69 Å². The Morgan fingerprint density at radius 2 is 2.00 bits per heavy atom. The Hall–Kier alpha value is -3.99. The number of thioether (sulfide) groups is 1. The van der Waals surface area contributed by atoms with Gasteiger partial charge in [0.05, 0.1) is 4.92 Å². The fraction of sp³-hybridized carbons (Fsp3) is 0.143. The first-order valence-corrected chi connectivity index (χ1v) is 10.5. The molecule has 0 aliphatic carbocycles. The van der Waals surface area contributed by atoms with Gasteiger partial charge in [0.15, 0.2) is 0 Å². The lowest BCUT2D eigenvalue weighted by molar-refractivity contribution is -0.384. The number of carbonyl (C=O) groups is 3. The maximum Gasteiger partial charge on any atom is 0.352 e. The molecule has 2 atom stereocenters. The highest BCUT2D eigenvalue weighted by atomic mass is 32.2. The molecule has 0 bridgehead atoms. The van der Waals surface area contributed by atoms with Gasteiger partial charge < -0.3 is 10.4 Å². The van der Waals surface area contributed by atoms with Crippen molar-refractivity contribution >= 4 is 41.3 Å². The van der Waals surface area contributed by atoms with E-state index in [0.29, 0.717) is 11.3 Å². The molecular weight excluding hydrogens is 436 g/mol. The van der Waals surface area contributed by atoms with Gasteiger partial charge in [0.2, 0.25) is 0 Å². The topological polar surface area (TPSA) is 143 Å². The molecular formula is C21H16N4O6S. The van der Waals surface area contributed by atoms with E-state index in [9.17, 15) is 29.6 Å². The second-order valence-electron chi connectivity index (χ2n) is 6.96. The zero-order chi connectivity index (χ0) is 22.8. The quantitative estimate of drug-likeness (QED) is 0.385. The van der Waals surface area contributed by atoms with Crippen LogP contribution in [0.25, 0.3) is 6.08 Å². The van der Waals surface area contributed by atoms with E-state index in [-0.39, 0.29) is 16.9 Å². The Morgan fingerprint density at radius 3 is 2.62 bits per heavy atom. The van der Waals surface area contributed by atoms with Crippen molar-refractivity contribution in [1.82, 2.24) is 15.2 Å². The maximum atomic E-state index is 12.7. The number of aliphatic carboxylic acids is 1. The highest BCUT2D eigenvalue weighted by Gasteiger charge is 2.54. The number of rotatable bonds is 6. The number of non-ortho nitro benzene ring substituents is 1. The summed E-state index contributed by atoms with van der Waals surface area (Å²) in [5.74, 6) is -1.98. The number of amides is 2. The Bertz CT molecular complexity index is 1160. The van der Waals surface area contributed by atoms with E-state index in [1.807, 2.05) is 6.07 Å². The first-order valence-electron chi connectivity index (χ1n) is 9.41. The standard InChI is InChI=1S/C21H16N4O6S/c26-18(13-5-7-15(8-6-13)25(30)31)23-16-19(27)24-17(21(28)29)14(11-32-20(16)24)4-3-12-2-1-9-22-10-12/h1-10,16,20H,11H2,(H,23,26)(H,28,29)/t16?,20-/m0/s1. The number of pyridine rings is 1. The first kappa shape index (κ1) is 21.2. The van der Waals surface area contributed by atoms with Crippen LogP contribution in [-0.4, -0.2) is 54.9 Å². The van der Waals surface area contributed by atoms with Crippen molar-refractivity contribution in [3.8, 4) is 0 Å². The summed E-state index contributed by atoms with van der Waals surface area (Å²) in [5, 5.41) is 22.5. The highest BCUT2D eigenvalue weighted by molar-refractivity contribution is 8.00. The highest BCUT2D eigenvalue weighted by Crippen LogP contribution is 2.40. The van der Waals surface area contributed by atoms with Crippen molar-refractivity contribution < 1.29 is 24.4 Å². The van der Waals surface area contributed by atoms with Gasteiger partial charge in [0, 0.05) is 35.8 Å². The summed E-state index contributed by atoms with van der Waals surface area (Å²) in [5.41, 5.74) is 1.17. The van der Waals surface area contributed by atoms with Crippen LogP contribution in [0.5, 0.6) is 0 Å². The van der Waals surface area contributed by atoms with Crippen molar-refractivity contribution in [2.45, 2.75) is 11.4 Å². The minimum atomic E-state index is -1.23. The third-order valence-corrected chi connectivity index (χ3v) is 6.29. The SMILES string of the molecule is O=C(O)C1=C(C=Cc2cccnc2)CS[C@H]2C(NC(=O)c3ccc([N+](=O)[O-])cc3)C(=O)N12. The zero-order valence-corrected chi connectivity index (χ0v) is 17.2. The molecule has 1 aromatic heterocycles. The lowest BCUT2D eigenvalue weighted by Gasteiger charge is -2.49. The van der Waals surface area contributed by atoms with Crippen LogP contribution >= 0.6 is 11.8 Å². The van der Waals surface area contributed by atoms with E-state index in [1.165, 1.54) is 40.9 Å². The number of benzene rings is 1. The fourth-order valence-electron chi connectivity index (χ4n) is 3.40. The average Bonchev–Trinajstić information content (AvgIpc) is 2.80. The number of nitrogens with zero attached hydrogens (tertiary/aromatic N) is 3. The molecule has 2 N–H and O–H groups in total. The predicted octanol–water partition coefficient (Wildman–Crippen LogP) is 2.06. The Morgan fingerprint density at radius 1 is 1.25 bits per heavy atom. The van der Waals surface area contributed by atoms with Gasteiger partial charge in [-0.2, -0.15) is 0 Å². The molecule has 1 fully saturated rings. The number of hydrogen-bond donors (Lipinski definition) is 2. The molecule has 4 rings (SSSR count). The average molecular weight is 452 g/mol. The second kappa shape index (κ2) is 8.63. The summed E-state index contributed by atoms with van der Waals surface area (Å²) in [6, 6.07) is 7.69. The molecule has 10 nitrogen and oxygen atoms in total. The van der Waals surface area contributed by atoms with Gasteiger partial charge in [0.1, 0.15) is 17.1 Å². The van der Waals surface area contributed by atoms with E-state index >= 15 is 0 Å². The van der Waals surface area contributed by atoms with Crippen LogP contribution in [-0.2, 0) is 9.59 Å². The molecule has 162 valence electrons. The number of carboxylic acid groups (broad SMARTS) is 1. The normalized spacial score (nSPS) is 20.0. The summed E-state index contributed by atoms with van der Waals surface area (Å²) in [6.07, 6.45) is 6.64. The van der Waals surface area contributed by atoms with Crippen LogP contribution in [0.1, 0.15) is 15.9 Å². The van der Waals surface area contributed by atoms with Gasteiger partial charge in [-0.25, -0.2) is 4.79 Å². The van der Waals surface area contributed by atoms with Crippen molar-refractivity contribution in [1.29, 1.82) is 0 Å². The van der Waals surface area contributed by atoms with Gasteiger partial charge in [-0.1, -0.05) is 18.2 Å². The molecule has 0 radical (unpaired) electrons. The number of fused-ring (bicyclic) bond motifs is 1. The third kappa shape index (κ3) is 3.97. The predicted molar refractivity (Wildman–Crippen MR) is 115 cm³/mol. The number of β-lactam (4-membered cyclic amide) rings is 1. The summed E-state index contributed by atoms with van der Waals surface area (Å²) in [4.78, 5) is 52.5. The number of nitro benzene ring substituents is 1. The fourth-order valence-corrected chi connectivity index (χ4v) is 4.72. The number of aromatic nitrogens is 1. The Kier molecular flexibility index (Phi) is 5.73. The van der Waals surface area contributed by atoms with Crippen molar-refractivity contribution in [2.75, 3.05) is 5.75 Å². The smallest absolute Gasteiger partial charge is 0.352 e. The number of allylic oxidation sites excluding steroid dienone is 1. The van der Waals surface area contributed by atoms with Crippen molar-refractivity contribution in [3.63, 3.8) is 0 Å². The minimum Gasteiger partial charge on any atom is -0.477 e. The minimum absolute atomic E-state index is 0.111. The lowest BCUT2D eigenvalue weighted by Crippen LogP contribution is -2.70. The zero-order valence-electron chi connectivity index (χ0n) is 16.4. The Balaban J connectivity index is 1.50. The summed E-state index contributed by atoms with van der Waals surface area (Å²) in [7, 11) is 0. The maximum absolute atomic E-state index is 12.7. The lowest BCUT2D eigenvalue weighted by atomic mass is 10.0.